The van der Waals surface area contributed by atoms with Gasteiger partial charge in [0.15, 0.2) is 0 Å². The molecule has 0 fully saturated rings. The second-order valence-electron chi connectivity index (χ2n) is 24.2. The molecule has 0 saturated heterocycles. The molecule has 0 bridgehead atoms. The summed E-state index contributed by atoms with van der Waals surface area (Å²) in [6.45, 7) is 4.95. The summed E-state index contributed by atoms with van der Waals surface area (Å²) in [6, 6.07) is -0.628. The number of aliphatic hydroxyl groups is 2. The fourth-order valence-electron chi connectivity index (χ4n) is 11.2. The molecule has 76 heavy (non-hydrogen) atoms. The molecule has 0 radical (unpaired) electrons. The Morgan fingerprint density at radius 3 is 0.895 bits per heavy atom. The van der Waals surface area contributed by atoms with E-state index in [2.05, 4.69) is 19.2 Å². The van der Waals surface area contributed by atoms with Crippen LogP contribution in [0.15, 0.2) is 12.2 Å². The first-order valence-electron chi connectivity index (χ1n) is 35.0. The zero-order valence-electron chi connectivity index (χ0n) is 51.8. The molecule has 0 aromatic heterocycles. The van der Waals surface area contributed by atoms with Gasteiger partial charge >= 0.3 is 5.97 Å². The molecule has 0 spiro atoms. The van der Waals surface area contributed by atoms with Crippen LogP contribution in [0, 0.1) is 0 Å². The van der Waals surface area contributed by atoms with Crippen molar-refractivity contribution in [3.63, 3.8) is 0 Å². The summed E-state index contributed by atoms with van der Waals surface area (Å²) < 4.78 is 5.50. The minimum absolute atomic E-state index is 0.0168. The quantitative estimate of drug-likeness (QED) is 0.0320. The zero-order valence-corrected chi connectivity index (χ0v) is 51.8. The van der Waals surface area contributed by atoms with Crippen LogP contribution in [0.5, 0.6) is 0 Å². The maximum absolute atomic E-state index is 12.5. The van der Waals surface area contributed by atoms with E-state index in [1.165, 1.54) is 334 Å². The topological polar surface area (TPSA) is 95.9 Å². The van der Waals surface area contributed by atoms with Gasteiger partial charge in [0.05, 0.1) is 25.4 Å². The van der Waals surface area contributed by atoms with Crippen LogP contribution in [-0.4, -0.2) is 47.4 Å². The Bertz CT molecular complexity index is 1140. The van der Waals surface area contributed by atoms with Crippen LogP contribution in [0.25, 0.3) is 0 Å². The van der Waals surface area contributed by atoms with Crippen molar-refractivity contribution in [2.75, 3.05) is 13.2 Å². The van der Waals surface area contributed by atoms with Gasteiger partial charge in [0.25, 0.3) is 0 Å². The van der Waals surface area contributed by atoms with Crippen molar-refractivity contribution in [2.24, 2.45) is 0 Å². The molecule has 0 aliphatic rings. The number of esters is 1. The smallest absolute Gasteiger partial charge is 0.305 e. The van der Waals surface area contributed by atoms with Gasteiger partial charge in [-0.25, -0.2) is 0 Å². The van der Waals surface area contributed by atoms with Gasteiger partial charge in [-0.1, -0.05) is 366 Å². The van der Waals surface area contributed by atoms with Gasteiger partial charge in [0.2, 0.25) is 5.91 Å². The number of allylic oxidation sites excluding steroid dienone is 1. The van der Waals surface area contributed by atoms with Gasteiger partial charge in [-0.3, -0.25) is 9.59 Å². The first kappa shape index (κ1) is 74.6. The number of hydrogen-bond donors (Lipinski definition) is 3. The Labute approximate surface area is 476 Å². The fraction of sp³-hybridized carbons (Fsp3) is 0.943. The molecule has 0 rings (SSSR count). The summed E-state index contributed by atoms with van der Waals surface area (Å²) in [5, 5.41) is 23.3. The molecule has 6 heteroatoms. The van der Waals surface area contributed by atoms with E-state index in [0.717, 1.165) is 38.5 Å². The van der Waals surface area contributed by atoms with E-state index < -0.39 is 12.1 Å². The van der Waals surface area contributed by atoms with E-state index in [1.54, 1.807) is 6.08 Å². The summed E-state index contributed by atoms with van der Waals surface area (Å²) in [4.78, 5) is 24.6. The summed E-state index contributed by atoms with van der Waals surface area (Å²) in [6.07, 6.45) is 81.4. The molecule has 0 aliphatic heterocycles. The monoisotopic (exact) mass is 1070 g/mol. The number of amides is 1. The van der Waals surface area contributed by atoms with Crippen molar-refractivity contribution in [2.45, 2.75) is 411 Å². The van der Waals surface area contributed by atoms with Crippen LogP contribution in [0.1, 0.15) is 399 Å². The second kappa shape index (κ2) is 66.1. The molecular weight excluding hydrogens is 935 g/mol. The predicted octanol–water partition coefficient (Wildman–Crippen LogP) is 22.4. The molecule has 2 unspecified atom stereocenters. The average molecular weight is 1070 g/mol. The number of nitrogens with one attached hydrogen (secondary N) is 1. The Kier molecular flexibility index (Phi) is 64.9. The van der Waals surface area contributed by atoms with Crippen LogP contribution in [0.4, 0.5) is 0 Å². The number of carbonyl (C=O) groups excluding carboxylic acids is 2. The van der Waals surface area contributed by atoms with Crippen molar-refractivity contribution in [1.29, 1.82) is 0 Å². The molecule has 1 amide bonds. The largest absolute Gasteiger partial charge is 0.466 e. The molecular formula is C70H137NO5. The van der Waals surface area contributed by atoms with Crippen LogP contribution >= 0.6 is 0 Å². The first-order valence-corrected chi connectivity index (χ1v) is 35.0. The standard InChI is InChI=1S/C70H137NO5/c1-3-5-7-9-11-13-15-17-19-20-21-22-25-28-31-35-38-42-46-50-54-58-62-68(73)67(66-72)71-69(74)63-59-55-51-47-43-39-36-32-29-26-23-24-27-30-33-37-41-45-49-53-57-61-65-76-70(75)64-60-56-52-48-44-40-34-18-16-14-12-10-8-6-4-2/h58,62,67-68,72-73H,3-57,59-61,63-66H2,1-2H3,(H,71,74)/b62-58+. The van der Waals surface area contributed by atoms with E-state index in [9.17, 15) is 19.8 Å². The van der Waals surface area contributed by atoms with Crippen molar-refractivity contribution >= 4 is 11.9 Å². The predicted molar refractivity (Wildman–Crippen MR) is 333 cm³/mol. The highest BCUT2D eigenvalue weighted by molar-refractivity contribution is 5.76. The lowest BCUT2D eigenvalue weighted by Crippen LogP contribution is -2.45. The molecule has 452 valence electrons. The number of aliphatic hydroxyl groups excluding tert-OH is 2. The molecule has 0 aromatic rings. The lowest BCUT2D eigenvalue weighted by Gasteiger charge is -2.20. The summed E-state index contributed by atoms with van der Waals surface area (Å²) in [5.74, 6) is -0.0466. The Balaban J connectivity index is 3.39. The Hall–Kier alpha value is -1.40. The van der Waals surface area contributed by atoms with Crippen molar-refractivity contribution < 1.29 is 24.5 Å². The molecule has 2 atom stereocenters. The van der Waals surface area contributed by atoms with Crippen molar-refractivity contribution in [3.05, 3.63) is 12.2 Å². The van der Waals surface area contributed by atoms with Crippen LogP contribution in [-0.2, 0) is 14.3 Å². The van der Waals surface area contributed by atoms with Crippen LogP contribution in [0.3, 0.4) is 0 Å². The third-order valence-corrected chi connectivity index (χ3v) is 16.6. The lowest BCUT2D eigenvalue weighted by atomic mass is 10.0. The zero-order chi connectivity index (χ0) is 55.0. The highest BCUT2D eigenvalue weighted by Gasteiger charge is 2.18. The SMILES string of the molecule is CCCCCCCCCCCCCCCCCCCCCC/C=C/C(O)C(CO)NC(=O)CCCCCCCCCCCCCCCCCCCCCCCCOC(=O)CCCCCCCCCCCCCCCCC. The molecule has 0 heterocycles. The maximum Gasteiger partial charge on any atom is 0.305 e. The summed E-state index contributed by atoms with van der Waals surface area (Å²) in [5.41, 5.74) is 0. The third-order valence-electron chi connectivity index (χ3n) is 16.6. The molecule has 0 saturated carbocycles. The van der Waals surface area contributed by atoms with Gasteiger partial charge in [-0.05, 0) is 32.1 Å². The normalized spacial score (nSPS) is 12.5. The lowest BCUT2D eigenvalue weighted by molar-refractivity contribution is -0.143. The summed E-state index contributed by atoms with van der Waals surface area (Å²) in [7, 11) is 0. The number of carbonyl (C=O) groups is 2. The second-order valence-corrected chi connectivity index (χ2v) is 24.2. The van der Waals surface area contributed by atoms with E-state index >= 15 is 0 Å². The van der Waals surface area contributed by atoms with E-state index in [1.807, 2.05) is 6.08 Å². The van der Waals surface area contributed by atoms with Crippen LogP contribution in [0.2, 0.25) is 0 Å². The Morgan fingerprint density at radius 2 is 0.605 bits per heavy atom. The maximum atomic E-state index is 12.5. The minimum Gasteiger partial charge on any atom is -0.466 e. The number of hydrogen-bond acceptors (Lipinski definition) is 5. The van der Waals surface area contributed by atoms with Gasteiger partial charge < -0.3 is 20.3 Å². The van der Waals surface area contributed by atoms with Crippen LogP contribution < -0.4 is 5.32 Å². The number of unbranched alkanes of at least 4 members (excludes halogenated alkanes) is 55. The number of rotatable bonds is 66. The molecule has 3 N–H and O–H groups in total. The van der Waals surface area contributed by atoms with Gasteiger partial charge in [0.1, 0.15) is 0 Å². The van der Waals surface area contributed by atoms with E-state index in [4.69, 9.17) is 4.74 Å². The minimum atomic E-state index is -0.845. The average Bonchev–Trinajstić information content (AvgIpc) is 3.42. The molecule has 6 nitrogen and oxygen atoms in total. The highest BCUT2D eigenvalue weighted by Crippen LogP contribution is 2.19. The van der Waals surface area contributed by atoms with Gasteiger partial charge in [-0.2, -0.15) is 0 Å². The van der Waals surface area contributed by atoms with Gasteiger partial charge in [0, 0.05) is 12.8 Å². The van der Waals surface area contributed by atoms with Gasteiger partial charge in [-0.15, -0.1) is 0 Å². The number of ether oxygens (including phenoxy) is 1. The van der Waals surface area contributed by atoms with Crippen molar-refractivity contribution in [1.82, 2.24) is 5.32 Å². The molecule has 0 aliphatic carbocycles. The van der Waals surface area contributed by atoms with Crippen molar-refractivity contribution in [3.8, 4) is 0 Å². The highest BCUT2D eigenvalue weighted by atomic mass is 16.5. The first-order chi connectivity index (χ1) is 37.5. The third kappa shape index (κ3) is 61.8. The summed E-state index contributed by atoms with van der Waals surface area (Å²) >= 11 is 0. The van der Waals surface area contributed by atoms with E-state index in [-0.39, 0.29) is 18.5 Å². The fourth-order valence-corrected chi connectivity index (χ4v) is 11.2. The van der Waals surface area contributed by atoms with E-state index in [0.29, 0.717) is 19.4 Å². The molecule has 0 aromatic carbocycles. The Morgan fingerprint density at radius 1 is 0.355 bits per heavy atom.